The molecule has 0 spiro atoms. The molecule has 0 fully saturated rings. The smallest absolute Gasteiger partial charge is 0.292 e. The summed E-state index contributed by atoms with van der Waals surface area (Å²) in [7, 11) is 3.32. The summed E-state index contributed by atoms with van der Waals surface area (Å²) in [6, 6.07) is 12.5. The average Bonchev–Trinajstić information content (AvgIpc) is 3.11. The summed E-state index contributed by atoms with van der Waals surface area (Å²) in [6.07, 6.45) is 3.64. The van der Waals surface area contributed by atoms with E-state index in [1.807, 2.05) is 6.07 Å². The molecule has 146 valence electrons. The number of imidazole rings is 1. The first-order chi connectivity index (χ1) is 13.5. The molecule has 1 N–H and O–H groups in total. The van der Waals surface area contributed by atoms with Crippen LogP contribution >= 0.6 is 0 Å². The monoisotopic (exact) mass is 380 g/mol. The lowest BCUT2D eigenvalue weighted by molar-refractivity contribution is 0.0790. The summed E-state index contributed by atoms with van der Waals surface area (Å²) < 4.78 is 6.82. The highest BCUT2D eigenvalue weighted by Gasteiger charge is 2.23. The van der Waals surface area contributed by atoms with Crippen LogP contribution in [0.25, 0.3) is 5.52 Å². The van der Waals surface area contributed by atoms with Gasteiger partial charge in [-0.15, -0.1) is 0 Å². The number of methoxy groups -OCH3 is 1. The average molecular weight is 380 g/mol. The molecule has 0 aliphatic rings. The van der Waals surface area contributed by atoms with Crippen molar-refractivity contribution in [3.63, 3.8) is 0 Å². The van der Waals surface area contributed by atoms with Crippen LogP contribution in [-0.4, -0.2) is 46.8 Å². The summed E-state index contributed by atoms with van der Waals surface area (Å²) >= 11 is 0. The molecule has 3 rings (SSSR count). The zero-order chi connectivity index (χ0) is 20.1. The predicted molar refractivity (Wildman–Crippen MR) is 108 cm³/mol. The minimum absolute atomic E-state index is 0.158. The fraction of sp³-hybridized carbons (Fsp3) is 0.286. The molecule has 2 aromatic heterocycles. The summed E-state index contributed by atoms with van der Waals surface area (Å²) in [5, 5.41) is 2.81. The van der Waals surface area contributed by atoms with Gasteiger partial charge in [-0.05, 0) is 30.7 Å². The number of benzene rings is 1. The van der Waals surface area contributed by atoms with E-state index in [-0.39, 0.29) is 17.4 Å². The fourth-order valence-electron chi connectivity index (χ4n) is 2.92. The first-order valence-electron chi connectivity index (χ1n) is 9.23. The number of nitrogens with one attached hydrogen (secondary N) is 1. The summed E-state index contributed by atoms with van der Waals surface area (Å²) in [4.78, 5) is 31.7. The van der Waals surface area contributed by atoms with Crippen molar-refractivity contribution in [3.05, 3.63) is 60.2 Å². The van der Waals surface area contributed by atoms with Gasteiger partial charge in [0.2, 0.25) is 5.82 Å². The van der Waals surface area contributed by atoms with Crippen LogP contribution < -0.4 is 10.1 Å². The van der Waals surface area contributed by atoms with Gasteiger partial charge >= 0.3 is 0 Å². The number of hydrogen-bond donors (Lipinski definition) is 1. The molecule has 3 aromatic rings. The Morgan fingerprint density at radius 1 is 1.21 bits per heavy atom. The van der Waals surface area contributed by atoms with Crippen LogP contribution in [0.2, 0.25) is 0 Å². The highest BCUT2D eigenvalue weighted by atomic mass is 16.5. The number of carbonyl (C=O) groups is 2. The number of nitrogens with zero attached hydrogens (tertiary/aromatic N) is 3. The van der Waals surface area contributed by atoms with Crippen molar-refractivity contribution in [3.8, 4) is 5.75 Å². The van der Waals surface area contributed by atoms with Crippen molar-refractivity contribution in [1.29, 1.82) is 0 Å². The van der Waals surface area contributed by atoms with Crippen molar-refractivity contribution < 1.29 is 14.3 Å². The van der Waals surface area contributed by atoms with E-state index >= 15 is 0 Å². The standard InChI is InChI=1S/C21H24N4O3/c1-4-5-12-24(2)21(27)18-17-11-6-7-13-25(17)19(23-18)20(26)22-15-9-8-10-16(14-15)28-3/h6-11,13-14H,4-5,12H2,1-3H3,(H,22,26). The van der Waals surface area contributed by atoms with Gasteiger partial charge in [0, 0.05) is 31.5 Å². The number of hydrogen-bond acceptors (Lipinski definition) is 4. The molecule has 7 nitrogen and oxygen atoms in total. The van der Waals surface area contributed by atoms with Gasteiger partial charge in [-0.2, -0.15) is 0 Å². The molecule has 7 heteroatoms. The Balaban J connectivity index is 1.93. The van der Waals surface area contributed by atoms with E-state index in [0.29, 0.717) is 23.5 Å². The number of anilines is 1. The lowest BCUT2D eigenvalue weighted by Gasteiger charge is -2.15. The van der Waals surface area contributed by atoms with Crippen LogP contribution in [0, 0.1) is 0 Å². The van der Waals surface area contributed by atoms with E-state index in [4.69, 9.17) is 4.74 Å². The predicted octanol–water partition coefficient (Wildman–Crippen LogP) is 3.47. The van der Waals surface area contributed by atoms with Gasteiger partial charge in [0.25, 0.3) is 11.8 Å². The molecule has 2 heterocycles. The lowest BCUT2D eigenvalue weighted by Crippen LogP contribution is -2.28. The van der Waals surface area contributed by atoms with Crippen LogP contribution in [0.5, 0.6) is 5.75 Å². The van der Waals surface area contributed by atoms with E-state index in [1.165, 1.54) is 0 Å². The number of fused-ring (bicyclic) bond motifs is 1. The zero-order valence-corrected chi connectivity index (χ0v) is 16.3. The van der Waals surface area contributed by atoms with E-state index in [1.54, 1.807) is 66.1 Å². The third-order valence-electron chi connectivity index (χ3n) is 4.48. The maximum Gasteiger partial charge on any atom is 0.292 e. The quantitative estimate of drug-likeness (QED) is 0.681. The van der Waals surface area contributed by atoms with Gasteiger partial charge in [0.1, 0.15) is 5.75 Å². The van der Waals surface area contributed by atoms with Crippen molar-refractivity contribution in [2.24, 2.45) is 0 Å². The number of aromatic nitrogens is 2. The van der Waals surface area contributed by atoms with E-state index in [0.717, 1.165) is 12.8 Å². The molecule has 0 bridgehead atoms. The number of unbranched alkanes of at least 4 members (excludes halogenated alkanes) is 1. The molecular weight excluding hydrogens is 356 g/mol. The normalized spacial score (nSPS) is 10.7. The molecule has 0 saturated heterocycles. The van der Waals surface area contributed by atoms with Crippen LogP contribution in [0.1, 0.15) is 40.9 Å². The highest BCUT2D eigenvalue weighted by molar-refractivity contribution is 6.06. The van der Waals surface area contributed by atoms with Gasteiger partial charge in [-0.1, -0.05) is 25.5 Å². The molecule has 0 saturated carbocycles. The zero-order valence-electron chi connectivity index (χ0n) is 16.3. The molecule has 0 atom stereocenters. The number of carbonyl (C=O) groups excluding carboxylic acids is 2. The minimum atomic E-state index is -0.398. The van der Waals surface area contributed by atoms with Crippen molar-refractivity contribution in [2.75, 3.05) is 26.0 Å². The highest BCUT2D eigenvalue weighted by Crippen LogP contribution is 2.19. The lowest BCUT2D eigenvalue weighted by atomic mass is 10.2. The molecule has 2 amide bonds. The second kappa shape index (κ2) is 8.56. The van der Waals surface area contributed by atoms with Crippen molar-refractivity contribution in [2.45, 2.75) is 19.8 Å². The van der Waals surface area contributed by atoms with E-state index in [2.05, 4.69) is 17.2 Å². The molecule has 0 unspecified atom stereocenters. The number of pyridine rings is 1. The molecule has 0 aliphatic heterocycles. The van der Waals surface area contributed by atoms with Gasteiger partial charge in [-0.3, -0.25) is 14.0 Å². The summed E-state index contributed by atoms with van der Waals surface area (Å²) in [6.45, 7) is 2.72. The Hall–Kier alpha value is -3.35. The third kappa shape index (κ3) is 3.98. The van der Waals surface area contributed by atoms with Gasteiger partial charge in [0.15, 0.2) is 5.69 Å². The first-order valence-corrected chi connectivity index (χ1v) is 9.23. The van der Waals surface area contributed by atoms with Crippen LogP contribution in [0.4, 0.5) is 5.69 Å². The molecule has 0 aliphatic carbocycles. The Labute approximate surface area is 163 Å². The van der Waals surface area contributed by atoms with Gasteiger partial charge in [-0.25, -0.2) is 4.98 Å². The van der Waals surface area contributed by atoms with Crippen LogP contribution in [-0.2, 0) is 0 Å². The number of amides is 2. The maximum absolute atomic E-state index is 12.8. The number of ether oxygens (including phenoxy) is 1. The van der Waals surface area contributed by atoms with E-state index < -0.39 is 5.91 Å². The molecular formula is C21H24N4O3. The van der Waals surface area contributed by atoms with Crippen molar-refractivity contribution >= 4 is 23.0 Å². The number of rotatable bonds is 7. The first kappa shape index (κ1) is 19.4. The minimum Gasteiger partial charge on any atom is -0.497 e. The topological polar surface area (TPSA) is 75.9 Å². The summed E-state index contributed by atoms with van der Waals surface area (Å²) in [5.74, 6) is 0.201. The van der Waals surface area contributed by atoms with Crippen LogP contribution in [0.15, 0.2) is 48.7 Å². The Kier molecular flexibility index (Phi) is 5.93. The van der Waals surface area contributed by atoms with Gasteiger partial charge in [0.05, 0.1) is 12.6 Å². The molecule has 0 radical (unpaired) electrons. The molecule has 28 heavy (non-hydrogen) atoms. The fourth-order valence-corrected chi connectivity index (χ4v) is 2.92. The molecule has 1 aromatic carbocycles. The van der Waals surface area contributed by atoms with Gasteiger partial charge < -0.3 is 15.0 Å². The Morgan fingerprint density at radius 2 is 2.04 bits per heavy atom. The SMILES string of the molecule is CCCCN(C)C(=O)c1nc(C(=O)Nc2cccc(OC)c2)n2ccccc12. The maximum atomic E-state index is 12.8. The van der Waals surface area contributed by atoms with Crippen molar-refractivity contribution in [1.82, 2.24) is 14.3 Å². The second-order valence-electron chi connectivity index (χ2n) is 6.51. The Morgan fingerprint density at radius 3 is 2.79 bits per heavy atom. The largest absolute Gasteiger partial charge is 0.497 e. The second-order valence-corrected chi connectivity index (χ2v) is 6.51. The van der Waals surface area contributed by atoms with E-state index in [9.17, 15) is 9.59 Å². The van der Waals surface area contributed by atoms with Crippen LogP contribution in [0.3, 0.4) is 0 Å². The summed E-state index contributed by atoms with van der Waals surface area (Å²) in [5.41, 5.74) is 1.46. The Bertz CT molecular complexity index is 996. The third-order valence-corrected chi connectivity index (χ3v) is 4.48.